The van der Waals surface area contributed by atoms with E-state index in [9.17, 15) is 0 Å². The van der Waals surface area contributed by atoms with Crippen LogP contribution in [0.2, 0.25) is 0 Å². The molecule has 4 nitrogen and oxygen atoms in total. The Kier molecular flexibility index (Phi) is 4.86. The molecule has 0 saturated heterocycles. The summed E-state index contributed by atoms with van der Waals surface area (Å²) in [6.45, 7) is 2.38. The van der Waals surface area contributed by atoms with E-state index in [1.807, 2.05) is 17.9 Å². The van der Waals surface area contributed by atoms with E-state index in [0.717, 1.165) is 12.3 Å². The molecule has 114 valence electrons. The lowest BCUT2D eigenvalue weighted by molar-refractivity contribution is 0.0457. The van der Waals surface area contributed by atoms with Gasteiger partial charge >= 0.3 is 0 Å². The largest absolute Gasteiger partial charge is 0.315 e. The molecule has 1 aliphatic rings. The van der Waals surface area contributed by atoms with Crippen LogP contribution in [0.25, 0.3) is 0 Å². The molecule has 20 heavy (non-hydrogen) atoms. The van der Waals surface area contributed by atoms with Gasteiger partial charge in [0.1, 0.15) is 0 Å². The van der Waals surface area contributed by atoms with Gasteiger partial charge < -0.3 is 10.2 Å². The van der Waals surface area contributed by atoms with Gasteiger partial charge in [0.25, 0.3) is 0 Å². The molecule has 1 aromatic heterocycles. The lowest BCUT2D eigenvalue weighted by atomic mass is 9.71. The van der Waals surface area contributed by atoms with E-state index in [1.165, 1.54) is 31.4 Å². The Labute approximate surface area is 123 Å². The van der Waals surface area contributed by atoms with E-state index in [0.29, 0.717) is 6.04 Å². The van der Waals surface area contributed by atoms with Gasteiger partial charge in [-0.3, -0.25) is 4.68 Å². The number of hydrogen-bond acceptors (Lipinski definition) is 3. The zero-order valence-electron chi connectivity index (χ0n) is 13.7. The summed E-state index contributed by atoms with van der Waals surface area (Å²) in [5.41, 5.74) is 1.45. The van der Waals surface area contributed by atoms with E-state index in [1.54, 1.807) is 0 Å². The molecule has 1 saturated carbocycles. The van der Waals surface area contributed by atoms with Crippen molar-refractivity contribution in [2.24, 2.45) is 13.0 Å². The monoisotopic (exact) mass is 278 g/mol. The molecule has 0 aromatic carbocycles. The smallest absolute Gasteiger partial charge is 0.0640 e. The van der Waals surface area contributed by atoms with E-state index in [-0.39, 0.29) is 5.54 Å². The molecule has 1 aliphatic carbocycles. The van der Waals surface area contributed by atoms with Gasteiger partial charge in [-0.1, -0.05) is 6.92 Å². The minimum absolute atomic E-state index is 0.263. The molecule has 0 aliphatic heterocycles. The summed E-state index contributed by atoms with van der Waals surface area (Å²) in [5, 5.41) is 8.13. The van der Waals surface area contributed by atoms with Crippen molar-refractivity contribution in [3.05, 3.63) is 18.0 Å². The first kappa shape index (κ1) is 15.5. The predicted octanol–water partition coefficient (Wildman–Crippen LogP) is 2.06. The zero-order valence-corrected chi connectivity index (χ0v) is 13.7. The maximum atomic E-state index is 4.56. The lowest BCUT2D eigenvalue weighted by Crippen LogP contribution is -2.60. The molecule has 0 bridgehead atoms. The average molecular weight is 278 g/mol. The van der Waals surface area contributed by atoms with Crippen LogP contribution in [0.4, 0.5) is 0 Å². The molecular weight excluding hydrogens is 248 g/mol. The second-order valence-electron chi connectivity index (χ2n) is 6.71. The topological polar surface area (TPSA) is 33.1 Å². The summed E-state index contributed by atoms with van der Waals surface area (Å²) in [6.07, 6.45) is 8.26. The maximum absolute atomic E-state index is 4.56. The van der Waals surface area contributed by atoms with Gasteiger partial charge in [-0.05, 0) is 58.8 Å². The third-order valence-corrected chi connectivity index (χ3v) is 5.21. The van der Waals surface area contributed by atoms with Crippen LogP contribution in [0.3, 0.4) is 0 Å². The van der Waals surface area contributed by atoms with Crippen molar-refractivity contribution in [3.63, 3.8) is 0 Å². The van der Waals surface area contributed by atoms with Crippen LogP contribution in [-0.4, -0.2) is 47.4 Å². The first-order valence-corrected chi connectivity index (χ1v) is 7.81. The van der Waals surface area contributed by atoms with Crippen LogP contribution in [0.1, 0.15) is 38.3 Å². The maximum Gasteiger partial charge on any atom is 0.0640 e. The Morgan fingerprint density at radius 2 is 2.10 bits per heavy atom. The van der Waals surface area contributed by atoms with Gasteiger partial charge in [0.15, 0.2) is 0 Å². The molecule has 1 heterocycles. The highest BCUT2D eigenvalue weighted by molar-refractivity contribution is 5.09. The summed E-state index contributed by atoms with van der Waals surface area (Å²) >= 11 is 0. The molecule has 0 radical (unpaired) electrons. The van der Waals surface area contributed by atoms with Crippen LogP contribution in [0.15, 0.2) is 12.3 Å². The van der Waals surface area contributed by atoms with Gasteiger partial charge in [-0.25, -0.2) is 0 Å². The molecule has 1 unspecified atom stereocenters. The van der Waals surface area contributed by atoms with E-state index in [4.69, 9.17) is 0 Å². The molecule has 1 N–H and O–H groups in total. The number of aryl methyl sites for hydroxylation is 1. The Balaban J connectivity index is 2.17. The van der Waals surface area contributed by atoms with E-state index >= 15 is 0 Å². The Morgan fingerprint density at radius 3 is 2.55 bits per heavy atom. The van der Waals surface area contributed by atoms with E-state index < -0.39 is 0 Å². The van der Waals surface area contributed by atoms with Gasteiger partial charge in [-0.2, -0.15) is 5.10 Å². The fourth-order valence-electron chi connectivity index (χ4n) is 3.71. The highest BCUT2D eigenvalue weighted by atomic mass is 15.3. The SMILES string of the molecule is CNC(Cc1ccn(C)n1)C1(N(C)C)CCC(C)CC1. The molecule has 1 atom stereocenters. The second kappa shape index (κ2) is 6.27. The number of nitrogens with one attached hydrogen (secondary N) is 1. The fourth-order valence-corrected chi connectivity index (χ4v) is 3.71. The first-order chi connectivity index (χ1) is 9.48. The van der Waals surface area contributed by atoms with Crippen molar-refractivity contribution in [3.8, 4) is 0 Å². The predicted molar refractivity (Wildman–Crippen MR) is 83.8 cm³/mol. The molecular formula is C16H30N4. The van der Waals surface area contributed by atoms with Crippen LogP contribution in [0.5, 0.6) is 0 Å². The minimum Gasteiger partial charge on any atom is -0.315 e. The summed E-state index contributed by atoms with van der Waals surface area (Å²) in [5.74, 6) is 0.871. The van der Waals surface area contributed by atoms with Gasteiger partial charge in [-0.15, -0.1) is 0 Å². The Hall–Kier alpha value is -0.870. The summed E-state index contributed by atoms with van der Waals surface area (Å²) in [7, 11) is 8.55. The minimum atomic E-state index is 0.263. The van der Waals surface area contributed by atoms with Gasteiger partial charge in [0.2, 0.25) is 0 Å². The Bertz CT molecular complexity index is 416. The number of aromatic nitrogens is 2. The van der Waals surface area contributed by atoms with Crippen molar-refractivity contribution in [2.45, 2.75) is 50.6 Å². The first-order valence-electron chi connectivity index (χ1n) is 7.81. The van der Waals surface area contributed by atoms with Crippen LogP contribution >= 0.6 is 0 Å². The standard InChI is InChI=1S/C16H30N4/c1-13-6-9-16(10-7-13,19(3)4)15(17-2)12-14-8-11-20(5)18-14/h8,11,13,15,17H,6-7,9-10,12H2,1-5H3. The summed E-state index contributed by atoms with van der Waals surface area (Å²) in [4.78, 5) is 2.45. The molecule has 1 fully saturated rings. The van der Waals surface area contributed by atoms with Gasteiger partial charge in [0.05, 0.1) is 5.69 Å². The normalized spacial score (nSPS) is 28.8. The van der Waals surface area contributed by atoms with E-state index in [2.05, 4.69) is 49.4 Å². The van der Waals surface area contributed by atoms with Crippen molar-refractivity contribution in [2.75, 3.05) is 21.1 Å². The molecule has 2 rings (SSSR count). The van der Waals surface area contributed by atoms with Crippen molar-refractivity contribution < 1.29 is 0 Å². The third-order valence-electron chi connectivity index (χ3n) is 5.21. The highest BCUT2D eigenvalue weighted by Crippen LogP contribution is 2.38. The van der Waals surface area contributed by atoms with Crippen molar-refractivity contribution >= 4 is 0 Å². The summed E-state index contributed by atoms with van der Waals surface area (Å²) < 4.78 is 1.90. The Morgan fingerprint density at radius 1 is 1.45 bits per heavy atom. The lowest BCUT2D eigenvalue weighted by Gasteiger charge is -2.49. The molecule has 1 aromatic rings. The number of likely N-dealkylation sites (N-methyl/N-ethyl adjacent to an activating group) is 2. The molecule has 0 amide bonds. The van der Waals surface area contributed by atoms with Crippen molar-refractivity contribution in [1.29, 1.82) is 0 Å². The average Bonchev–Trinajstić information content (AvgIpc) is 2.82. The van der Waals surface area contributed by atoms with Crippen molar-refractivity contribution in [1.82, 2.24) is 20.0 Å². The van der Waals surface area contributed by atoms with Gasteiger partial charge in [0, 0.05) is 31.2 Å². The quantitative estimate of drug-likeness (QED) is 0.895. The fraction of sp³-hybridized carbons (Fsp3) is 0.812. The number of nitrogens with zero attached hydrogens (tertiary/aromatic N) is 3. The number of rotatable bonds is 5. The van der Waals surface area contributed by atoms with Crippen LogP contribution < -0.4 is 5.32 Å². The van der Waals surface area contributed by atoms with Crippen LogP contribution in [0, 0.1) is 5.92 Å². The summed E-state index contributed by atoms with van der Waals surface area (Å²) in [6, 6.07) is 2.60. The molecule has 4 heteroatoms. The van der Waals surface area contributed by atoms with Crippen LogP contribution in [-0.2, 0) is 13.5 Å². The highest BCUT2D eigenvalue weighted by Gasteiger charge is 2.42. The number of hydrogen-bond donors (Lipinski definition) is 1. The zero-order chi connectivity index (χ0) is 14.8. The second-order valence-corrected chi connectivity index (χ2v) is 6.71. The third kappa shape index (κ3) is 3.07. The molecule has 0 spiro atoms.